The van der Waals surface area contributed by atoms with Crippen LogP contribution in [0.5, 0.6) is 0 Å². The van der Waals surface area contributed by atoms with Gasteiger partial charge >= 0.3 is 5.69 Å². The first-order chi connectivity index (χ1) is 15.4. The summed E-state index contributed by atoms with van der Waals surface area (Å²) in [4.78, 5) is 39.0. The summed E-state index contributed by atoms with van der Waals surface area (Å²) in [7, 11) is 0. The van der Waals surface area contributed by atoms with Crippen molar-refractivity contribution >= 4 is 39.1 Å². The molecule has 2 aromatic heterocycles. The summed E-state index contributed by atoms with van der Waals surface area (Å²) >= 11 is 7.19. The smallest absolute Gasteiger partial charge is 0.336 e. The average Bonchev–Trinajstić information content (AvgIpc) is 3.27. The number of hydrogen-bond acceptors (Lipinski definition) is 4. The molecule has 8 heteroatoms. The summed E-state index contributed by atoms with van der Waals surface area (Å²) < 4.78 is 2.85. The zero-order chi connectivity index (χ0) is 22.7. The molecule has 4 rings (SSSR count). The quantitative estimate of drug-likeness (QED) is 0.446. The van der Waals surface area contributed by atoms with E-state index in [-0.39, 0.29) is 18.5 Å². The van der Waals surface area contributed by atoms with Crippen molar-refractivity contribution in [1.82, 2.24) is 14.5 Å². The number of aryl methyl sites for hydroxylation is 1. The molecule has 32 heavy (non-hydrogen) atoms. The second-order valence-electron chi connectivity index (χ2n) is 7.61. The Morgan fingerprint density at radius 1 is 1.06 bits per heavy atom. The number of benzene rings is 2. The molecule has 0 saturated carbocycles. The van der Waals surface area contributed by atoms with E-state index < -0.39 is 11.2 Å². The van der Waals surface area contributed by atoms with E-state index in [1.807, 2.05) is 25.1 Å². The molecule has 0 fully saturated rings. The minimum atomic E-state index is -0.560. The van der Waals surface area contributed by atoms with Crippen LogP contribution in [0.3, 0.4) is 0 Å². The van der Waals surface area contributed by atoms with E-state index in [1.165, 1.54) is 21.5 Å². The average molecular weight is 468 g/mol. The molecule has 0 aliphatic carbocycles. The summed E-state index contributed by atoms with van der Waals surface area (Å²) in [5.74, 6) is -0.276. The molecule has 1 unspecified atom stereocenters. The van der Waals surface area contributed by atoms with Gasteiger partial charge in [0.1, 0.15) is 11.2 Å². The lowest BCUT2D eigenvalue weighted by molar-refractivity contribution is -0.122. The van der Waals surface area contributed by atoms with Gasteiger partial charge in [0, 0.05) is 11.1 Å². The van der Waals surface area contributed by atoms with Gasteiger partial charge < -0.3 is 5.32 Å². The molecule has 0 radical (unpaired) electrons. The standard InChI is InChI=1S/C24H22ClN3O3S/c1-16(7-8-17-5-3-2-4-6-17)26-21(29)15-27-20-13-14-32-22(20)23(30)28(24(27)31)19-11-9-18(25)10-12-19/h2-6,9-14,16H,7-8,15H2,1H3,(H,26,29). The molecule has 2 aromatic carbocycles. The largest absolute Gasteiger partial charge is 0.352 e. The minimum Gasteiger partial charge on any atom is -0.352 e. The number of thiophene rings is 1. The number of aromatic nitrogens is 2. The molecule has 1 atom stereocenters. The number of nitrogens with zero attached hydrogens (tertiary/aromatic N) is 2. The SMILES string of the molecule is CC(CCc1ccccc1)NC(=O)Cn1c(=O)n(-c2ccc(Cl)cc2)c(=O)c2sccc21. The van der Waals surface area contributed by atoms with Crippen LogP contribution in [0.15, 0.2) is 75.6 Å². The van der Waals surface area contributed by atoms with Crippen LogP contribution in [0.4, 0.5) is 0 Å². The van der Waals surface area contributed by atoms with Crippen molar-refractivity contribution < 1.29 is 4.79 Å². The fourth-order valence-electron chi connectivity index (χ4n) is 3.62. The highest BCUT2D eigenvalue weighted by atomic mass is 35.5. The Balaban J connectivity index is 1.58. The molecule has 0 aliphatic rings. The number of carbonyl (C=O) groups excluding carboxylic acids is 1. The molecule has 164 valence electrons. The Labute approximate surface area is 193 Å². The second kappa shape index (κ2) is 9.54. The molecule has 4 aromatic rings. The van der Waals surface area contributed by atoms with Gasteiger partial charge in [-0.3, -0.25) is 14.2 Å². The van der Waals surface area contributed by atoms with Gasteiger partial charge in [-0.15, -0.1) is 11.3 Å². The zero-order valence-electron chi connectivity index (χ0n) is 17.5. The fourth-order valence-corrected chi connectivity index (χ4v) is 4.57. The second-order valence-corrected chi connectivity index (χ2v) is 8.97. The van der Waals surface area contributed by atoms with E-state index in [9.17, 15) is 14.4 Å². The number of halogens is 1. The van der Waals surface area contributed by atoms with Crippen LogP contribution in [-0.2, 0) is 17.8 Å². The molecule has 1 amide bonds. The van der Waals surface area contributed by atoms with E-state index in [4.69, 9.17) is 11.6 Å². The lowest BCUT2D eigenvalue weighted by Crippen LogP contribution is -2.43. The molecule has 0 spiro atoms. The highest BCUT2D eigenvalue weighted by molar-refractivity contribution is 7.17. The lowest BCUT2D eigenvalue weighted by Gasteiger charge is -2.16. The molecule has 1 N–H and O–H groups in total. The third-order valence-corrected chi connectivity index (χ3v) is 6.40. The van der Waals surface area contributed by atoms with E-state index >= 15 is 0 Å². The van der Waals surface area contributed by atoms with Crippen LogP contribution in [0.2, 0.25) is 5.02 Å². The molecule has 0 saturated heterocycles. The third kappa shape index (κ3) is 4.69. The predicted octanol–water partition coefficient (Wildman–Crippen LogP) is 4.00. The Morgan fingerprint density at radius 2 is 1.78 bits per heavy atom. The number of rotatable bonds is 7. The summed E-state index contributed by atoms with van der Waals surface area (Å²) in [5, 5.41) is 5.21. The zero-order valence-corrected chi connectivity index (χ0v) is 19.0. The summed E-state index contributed by atoms with van der Waals surface area (Å²) in [6.07, 6.45) is 1.63. The molecule has 0 bridgehead atoms. The third-order valence-electron chi connectivity index (χ3n) is 5.26. The van der Waals surface area contributed by atoms with Gasteiger partial charge in [0.05, 0.1) is 11.2 Å². The van der Waals surface area contributed by atoms with Gasteiger partial charge in [0.15, 0.2) is 0 Å². The molecule has 0 aliphatic heterocycles. The van der Waals surface area contributed by atoms with Crippen LogP contribution >= 0.6 is 22.9 Å². The van der Waals surface area contributed by atoms with Crippen molar-refractivity contribution in [3.8, 4) is 5.69 Å². The maximum Gasteiger partial charge on any atom is 0.336 e. The van der Waals surface area contributed by atoms with E-state index in [0.717, 1.165) is 17.4 Å². The van der Waals surface area contributed by atoms with Crippen LogP contribution in [0.1, 0.15) is 18.9 Å². The van der Waals surface area contributed by atoms with Crippen molar-refractivity contribution in [2.45, 2.75) is 32.4 Å². The lowest BCUT2D eigenvalue weighted by atomic mass is 10.1. The van der Waals surface area contributed by atoms with Crippen LogP contribution in [0, 0.1) is 0 Å². The highest BCUT2D eigenvalue weighted by Crippen LogP contribution is 2.17. The van der Waals surface area contributed by atoms with Gasteiger partial charge in [0.2, 0.25) is 5.91 Å². The number of hydrogen-bond donors (Lipinski definition) is 1. The van der Waals surface area contributed by atoms with E-state index in [0.29, 0.717) is 20.9 Å². The maximum atomic E-state index is 13.2. The Hall–Kier alpha value is -3.16. The predicted molar refractivity (Wildman–Crippen MR) is 129 cm³/mol. The monoisotopic (exact) mass is 467 g/mol. The van der Waals surface area contributed by atoms with Crippen LogP contribution in [0.25, 0.3) is 15.9 Å². The van der Waals surface area contributed by atoms with E-state index in [2.05, 4.69) is 17.4 Å². The number of amides is 1. The summed E-state index contributed by atoms with van der Waals surface area (Å²) in [5.41, 5.74) is 1.11. The molecule has 6 nitrogen and oxygen atoms in total. The first-order valence-electron chi connectivity index (χ1n) is 10.3. The Kier molecular flexibility index (Phi) is 6.58. The van der Waals surface area contributed by atoms with Crippen molar-refractivity contribution in [1.29, 1.82) is 0 Å². The minimum absolute atomic E-state index is 0.0569. The summed E-state index contributed by atoms with van der Waals surface area (Å²) in [6, 6.07) is 18.2. The Bertz CT molecular complexity index is 1360. The highest BCUT2D eigenvalue weighted by Gasteiger charge is 2.18. The van der Waals surface area contributed by atoms with Crippen molar-refractivity contribution in [2.75, 3.05) is 0 Å². The van der Waals surface area contributed by atoms with Crippen LogP contribution < -0.4 is 16.6 Å². The first-order valence-corrected chi connectivity index (χ1v) is 11.5. The van der Waals surface area contributed by atoms with Gasteiger partial charge in [0.25, 0.3) is 5.56 Å². The maximum absolute atomic E-state index is 13.2. The fraction of sp³-hybridized carbons (Fsp3) is 0.208. The van der Waals surface area contributed by atoms with Gasteiger partial charge in [-0.2, -0.15) is 0 Å². The van der Waals surface area contributed by atoms with Gasteiger partial charge in [-0.25, -0.2) is 9.36 Å². The normalized spacial score (nSPS) is 12.1. The van der Waals surface area contributed by atoms with Crippen molar-refractivity contribution in [2.24, 2.45) is 0 Å². The van der Waals surface area contributed by atoms with Gasteiger partial charge in [-0.05, 0) is 61.0 Å². The number of fused-ring (bicyclic) bond motifs is 1. The number of carbonyl (C=O) groups is 1. The summed E-state index contributed by atoms with van der Waals surface area (Å²) in [6.45, 7) is 1.77. The van der Waals surface area contributed by atoms with Gasteiger partial charge in [-0.1, -0.05) is 41.9 Å². The molecular formula is C24H22ClN3O3S. The van der Waals surface area contributed by atoms with Crippen molar-refractivity contribution in [3.63, 3.8) is 0 Å². The molecular weight excluding hydrogens is 446 g/mol. The topological polar surface area (TPSA) is 73.1 Å². The Morgan fingerprint density at radius 3 is 2.50 bits per heavy atom. The van der Waals surface area contributed by atoms with Crippen molar-refractivity contribution in [3.05, 3.63) is 97.5 Å². The molecule has 2 heterocycles. The van der Waals surface area contributed by atoms with Crippen LogP contribution in [-0.4, -0.2) is 21.1 Å². The first kappa shape index (κ1) is 22.0. The number of nitrogens with one attached hydrogen (secondary N) is 1. The van der Waals surface area contributed by atoms with E-state index in [1.54, 1.807) is 35.7 Å².